The summed E-state index contributed by atoms with van der Waals surface area (Å²) in [6, 6.07) is 16.5. The lowest BCUT2D eigenvalue weighted by molar-refractivity contribution is 0.308. The lowest BCUT2D eigenvalue weighted by atomic mass is 9.66. The SMILES string of the molecule is C/C=C(\C)Cc1ccc2c(c1)C(CC(C)CC)(CC(C)CC)c1ccccc1-2. The molecule has 2 unspecified atom stereocenters. The predicted octanol–water partition coefficient (Wildman–Crippen LogP) is 8.33. The minimum absolute atomic E-state index is 0.163. The van der Waals surface area contributed by atoms with Gasteiger partial charge in [0, 0.05) is 5.41 Å². The predicted molar refractivity (Wildman–Crippen MR) is 124 cm³/mol. The lowest BCUT2D eigenvalue weighted by Gasteiger charge is -2.37. The minimum Gasteiger partial charge on any atom is -0.0884 e. The van der Waals surface area contributed by atoms with E-state index in [2.05, 4.69) is 90.1 Å². The average Bonchev–Trinajstić information content (AvgIpc) is 2.97. The van der Waals surface area contributed by atoms with Crippen molar-refractivity contribution in [3.8, 4) is 11.1 Å². The highest BCUT2D eigenvalue weighted by Crippen LogP contribution is 2.55. The highest BCUT2D eigenvalue weighted by molar-refractivity contribution is 5.81. The molecule has 0 heteroatoms. The Morgan fingerprint density at radius 2 is 1.50 bits per heavy atom. The molecule has 0 N–H and O–H groups in total. The van der Waals surface area contributed by atoms with E-state index >= 15 is 0 Å². The van der Waals surface area contributed by atoms with Crippen LogP contribution in [-0.2, 0) is 11.8 Å². The van der Waals surface area contributed by atoms with E-state index in [1.54, 1.807) is 11.1 Å². The fourth-order valence-corrected chi connectivity index (χ4v) is 5.04. The van der Waals surface area contributed by atoms with Gasteiger partial charge in [0.1, 0.15) is 0 Å². The van der Waals surface area contributed by atoms with E-state index in [4.69, 9.17) is 0 Å². The van der Waals surface area contributed by atoms with Gasteiger partial charge in [0.05, 0.1) is 0 Å². The third kappa shape index (κ3) is 3.84. The molecule has 0 radical (unpaired) electrons. The van der Waals surface area contributed by atoms with E-state index in [1.165, 1.54) is 47.9 Å². The first-order valence-corrected chi connectivity index (χ1v) is 11.3. The van der Waals surface area contributed by atoms with E-state index in [1.807, 2.05) is 0 Å². The molecule has 0 saturated carbocycles. The van der Waals surface area contributed by atoms with E-state index in [9.17, 15) is 0 Å². The number of rotatable bonds is 8. The van der Waals surface area contributed by atoms with E-state index in [0.29, 0.717) is 0 Å². The fraction of sp³-hybridized carbons (Fsp3) is 0.500. The van der Waals surface area contributed by atoms with Crippen molar-refractivity contribution >= 4 is 0 Å². The molecule has 2 atom stereocenters. The van der Waals surface area contributed by atoms with Gasteiger partial charge in [-0.05, 0) is 72.8 Å². The summed E-state index contributed by atoms with van der Waals surface area (Å²) in [6.07, 6.45) is 8.30. The summed E-state index contributed by atoms with van der Waals surface area (Å²) in [5.74, 6) is 1.45. The van der Waals surface area contributed by atoms with E-state index in [0.717, 1.165) is 18.3 Å². The molecule has 2 aromatic carbocycles. The van der Waals surface area contributed by atoms with Crippen molar-refractivity contribution < 1.29 is 0 Å². The quantitative estimate of drug-likeness (QED) is 0.407. The van der Waals surface area contributed by atoms with Crippen molar-refractivity contribution in [3.63, 3.8) is 0 Å². The standard InChI is InChI=1S/C28H38/c1-7-20(4)16-23-14-15-25-24-12-10-11-13-26(24)28(27(25)17-23,18-21(5)8-2)19-22(6)9-3/h7,10-15,17,21-22H,8-9,16,18-19H2,1-6H3/b20-7+. The molecule has 3 rings (SSSR count). The van der Waals surface area contributed by atoms with Crippen LogP contribution in [0, 0.1) is 11.8 Å². The monoisotopic (exact) mass is 374 g/mol. The van der Waals surface area contributed by atoms with Crippen LogP contribution in [0.2, 0.25) is 0 Å². The number of hydrogen-bond acceptors (Lipinski definition) is 0. The Kier molecular flexibility index (Phi) is 6.48. The summed E-state index contributed by atoms with van der Waals surface area (Å²) in [4.78, 5) is 0. The second kappa shape index (κ2) is 8.68. The van der Waals surface area contributed by atoms with Gasteiger partial charge in [0.2, 0.25) is 0 Å². The van der Waals surface area contributed by atoms with Crippen molar-refractivity contribution in [1.29, 1.82) is 0 Å². The Hall–Kier alpha value is -1.82. The molecule has 0 aliphatic heterocycles. The summed E-state index contributed by atoms with van der Waals surface area (Å²) in [6.45, 7) is 14.0. The summed E-state index contributed by atoms with van der Waals surface area (Å²) in [5.41, 5.74) is 9.19. The van der Waals surface area contributed by atoms with Crippen molar-refractivity contribution in [1.82, 2.24) is 0 Å². The summed E-state index contributed by atoms with van der Waals surface area (Å²) in [5, 5.41) is 0. The lowest BCUT2D eigenvalue weighted by Crippen LogP contribution is -2.30. The van der Waals surface area contributed by atoms with Crippen LogP contribution in [0.25, 0.3) is 11.1 Å². The summed E-state index contributed by atoms with van der Waals surface area (Å²) >= 11 is 0. The second-order valence-electron chi connectivity index (χ2n) is 9.25. The third-order valence-electron chi connectivity index (χ3n) is 7.10. The maximum absolute atomic E-state index is 2.55. The van der Waals surface area contributed by atoms with Gasteiger partial charge < -0.3 is 0 Å². The minimum atomic E-state index is 0.163. The van der Waals surface area contributed by atoms with Crippen LogP contribution in [0.5, 0.6) is 0 Å². The van der Waals surface area contributed by atoms with Gasteiger partial charge in [-0.3, -0.25) is 0 Å². The zero-order valence-corrected chi connectivity index (χ0v) is 18.8. The zero-order valence-electron chi connectivity index (χ0n) is 18.8. The van der Waals surface area contributed by atoms with Crippen LogP contribution in [0.4, 0.5) is 0 Å². The summed E-state index contributed by atoms with van der Waals surface area (Å²) < 4.78 is 0. The number of fused-ring (bicyclic) bond motifs is 3. The molecule has 1 aliphatic carbocycles. The molecular weight excluding hydrogens is 336 g/mol. The molecule has 0 saturated heterocycles. The molecule has 1 aliphatic rings. The number of allylic oxidation sites excluding steroid dienone is 2. The Morgan fingerprint density at radius 1 is 0.893 bits per heavy atom. The summed E-state index contributed by atoms with van der Waals surface area (Å²) in [7, 11) is 0. The molecule has 0 aromatic heterocycles. The molecule has 0 spiro atoms. The van der Waals surface area contributed by atoms with Gasteiger partial charge in [0.25, 0.3) is 0 Å². The molecular formula is C28H38. The average molecular weight is 375 g/mol. The van der Waals surface area contributed by atoms with Crippen molar-refractivity contribution in [2.24, 2.45) is 11.8 Å². The van der Waals surface area contributed by atoms with Crippen molar-refractivity contribution in [2.75, 3.05) is 0 Å². The molecule has 2 aromatic rings. The van der Waals surface area contributed by atoms with Crippen LogP contribution in [0.15, 0.2) is 54.1 Å². The van der Waals surface area contributed by atoms with Gasteiger partial charge in [0.15, 0.2) is 0 Å². The van der Waals surface area contributed by atoms with Gasteiger partial charge in [-0.2, -0.15) is 0 Å². The van der Waals surface area contributed by atoms with Crippen molar-refractivity contribution in [3.05, 3.63) is 70.8 Å². The maximum atomic E-state index is 2.55. The fourth-order valence-electron chi connectivity index (χ4n) is 5.04. The van der Waals surface area contributed by atoms with Crippen LogP contribution >= 0.6 is 0 Å². The molecule has 0 bridgehead atoms. The highest BCUT2D eigenvalue weighted by Gasteiger charge is 2.44. The van der Waals surface area contributed by atoms with Crippen molar-refractivity contribution in [2.45, 2.75) is 79.1 Å². The first-order valence-electron chi connectivity index (χ1n) is 11.3. The van der Waals surface area contributed by atoms with E-state index in [-0.39, 0.29) is 5.41 Å². The third-order valence-corrected chi connectivity index (χ3v) is 7.10. The maximum Gasteiger partial charge on any atom is 0.0220 e. The molecule has 0 fully saturated rings. The molecule has 28 heavy (non-hydrogen) atoms. The Bertz CT molecular complexity index is 827. The Balaban J connectivity index is 2.20. The van der Waals surface area contributed by atoms with Gasteiger partial charge in [-0.15, -0.1) is 0 Å². The first kappa shape index (κ1) is 20.9. The normalized spacial score (nSPS) is 20.6. The van der Waals surface area contributed by atoms with Gasteiger partial charge in [-0.1, -0.05) is 94.7 Å². The highest BCUT2D eigenvalue weighted by atomic mass is 14.5. The van der Waals surface area contributed by atoms with Crippen LogP contribution in [0.1, 0.15) is 83.9 Å². The largest absolute Gasteiger partial charge is 0.0884 e. The Labute approximate surface area is 173 Å². The second-order valence-corrected chi connectivity index (χ2v) is 9.25. The Morgan fingerprint density at radius 3 is 2.11 bits per heavy atom. The van der Waals surface area contributed by atoms with Crippen LogP contribution in [-0.4, -0.2) is 0 Å². The van der Waals surface area contributed by atoms with Crippen LogP contribution < -0.4 is 0 Å². The van der Waals surface area contributed by atoms with Gasteiger partial charge >= 0.3 is 0 Å². The smallest absolute Gasteiger partial charge is 0.0220 e. The molecule has 0 heterocycles. The van der Waals surface area contributed by atoms with Crippen LogP contribution in [0.3, 0.4) is 0 Å². The zero-order chi connectivity index (χ0) is 20.3. The molecule has 0 amide bonds. The number of benzene rings is 2. The van der Waals surface area contributed by atoms with Gasteiger partial charge in [-0.25, -0.2) is 0 Å². The van der Waals surface area contributed by atoms with E-state index < -0.39 is 0 Å². The first-order chi connectivity index (χ1) is 13.4. The number of hydrogen-bond donors (Lipinski definition) is 0. The molecule has 0 nitrogen and oxygen atoms in total. The topological polar surface area (TPSA) is 0 Å². The molecule has 150 valence electrons.